The predicted octanol–water partition coefficient (Wildman–Crippen LogP) is 3.54. The molecule has 4 heteroatoms. The molecule has 1 aromatic rings. The van der Waals surface area contributed by atoms with Gasteiger partial charge in [0.25, 0.3) is 0 Å². The molecular weight excluding hydrogens is 252 g/mol. The van der Waals surface area contributed by atoms with Gasteiger partial charge in [0.1, 0.15) is 5.60 Å². The number of carbonyl (C=O) groups excluding carboxylic acids is 1. The number of anilines is 1. The fraction of sp³-hybridized carbons (Fsp3) is 0.562. The summed E-state index contributed by atoms with van der Waals surface area (Å²) in [6.45, 7) is 5.63. The van der Waals surface area contributed by atoms with Crippen molar-refractivity contribution in [2.75, 3.05) is 5.32 Å². The summed E-state index contributed by atoms with van der Waals surface area (Å²) in [5.74, 6) is 0. The van der Waals surface area contributed by atoms with Crippen LogP contribution in [0.5, 0.6) is 0 Å². The first-order valence-corrected chi connectivity index (χ1v) is 7.23. The van der Waals surface area contributed by atoms with E-state index in [1.54, 1.807) is 0 Å². The number of alkyl carbamates (subject to hydrolysis) is 1. The van der Waals surface area contributed by atoms with Gasteiger partial charge in [0.05, 0.1) is 0 Å². The lowest BCUT2D eigenvalue weighted by atomic mass is 10.2. The first-order chi connectivity index (χ1) is 9.42. The van der Waals surface area contributed by atoms with E-state index in [0.29, 0.717) is 6.04 Å². The molecule has 2 rings (SSSR count). The highest BCUT2D eigenvalue weighted by Gasteiger charge is 2.27. The molecule has 0 aromatic heterocycles. The van der Waals surface area contributed by atoms with Crippen LogP contribution >= 0.6 is 0 Å². The number of hydrogen-bond acceptors (Lipinski definition) is 3. The van der Waals surface area contributed by atoms with Crippen molar-refractivity contribution >= 4 is 11.8 Å². The van der Waals surface area contributed by atoms with Gasteiger partial charge in [0.15, 0.2) is 0 Å². The molecule has 2 N–H and O–H groups in total. The maximum Gasteiger partial charge on any atom is 0.407 e. The predicted molar refractivity (Wildman–Crippen MR) is 80.9 cm³/mol. The third-order valence-corrected chi connectivity index (χ3v) is 3.30. The van der Waals surface area contributed by atoms with Crippen molar-refractivity contribution in [2.24, 2.45) is 0 Å². The molecule has 110 valence electrons. The van der Waals surface area contributed by atoms with E-state index >= 15 is 0 Å². The van der Waals surface area contributed by atoms with Gasteiger partial charge >= 0.3 is 6.09 Å². The van der Waals surface area contributed by atoms with Crippen LogP contribution in [0.1, 0.15) is 40.0 Å². The van der Waals surface area contributed by atoms with Crippen molar-refractivity contribution in [3.8, 4) is 0 Å². The molecule has 0 spiro atoms. The van der Waals surface area contributed by atoms with Crippen molar-refractivity contribution in [1.82, 2.24) is 5.32 Å². The maximum atomic E-state index is 11.7. The van der Waals surface area contributed by atoms with E-state index in [9.17, 15) is 4.79 Å². The number of ether oxygens (including phenoxy) is 1. The van der Waals surface area contributed by atoms with Crippen LogP contribution in [-0.2, 0) is 4.74 Å². The molecule has 0 radical (unpaired) electrons. The number of para-hydroxylation sites is 1. The van der Waals surface area contributed by atoms with Crippen molar-refractivity contribution in [1.29, 1.82) is 0 Å². The number of nitrogens with one attached hydrogen (secondary N) is 2. The normalized spacial score (nSPS) is 22.4. The third kappa shape index (κ3) is 4.76. The Morgan fingerprint density at radius 2 is 1.80 bits per heavy atom. The fourth-order valence-electron chi connectivity index (χ4n) is 2.49. The van der Waals surface area contributed by atoms with E-state index in [-0.39, 0.29) is 12.1 Å². The molecule has 1 aliphatic carbocycles. The highest BCUT2D eigenvalue weighted by atomic mass is 16.6. The van der Waals surface area contributed by atoms with E-state index < -0.39 is 5.60 Å². The minimum absolute atomic E-state index is 0.200. The molecule has 1 aliphatic rings. The average molecular weight is 276 g/mol. The number of benzene rings is 1. The molecule has 0 heterocycles. The number of hydrogen-bond donors (Lipinski definition) is 2. The zero-order chi connectivity index (χ0) is 14.6. The number of rotatable bonds is 3. The quantitative estimate of drug-likeness (QED) is 0.887. The maximum absolute atomic E-state index is 11.7. The summed E-state index contributed by atoms with van der Waals surface area (Å²) in [6, 6.07) is 10.8. The molecule has 1 fully saturated rings. The summed E-state index contributed by atoms with van der Waals surface area (Å²) in [6.07, 6.45) is 2.68. The van der Waals surface area contributed by atoms with Gasteiger partial charge in [-0.3, -0.25) is 0 Å². The Morgan fingerprint density at radius 1 is 1.15 bits per heavy atom. The SMILES string of the molecule is CC(C)(C)OC(=O)N[C@@H]1CC[C@H](Nc2ccccc2)C1. The zero-order valence-electron chi connectivity index (χ0n) is 12.5. The van der Waals surface area contributed by atoms with Crippen molar-refractivity contribution in [3.63, 3.8) is 0 Å². The average Bonchev–Trinajstić information content (AvgIpc) is 2.75. The summed E-state index contributed by atoms with van der Waals surface area (Å²) in [7, 11) is 0. The minimum Gasteiger partial charge on any atom is -0.444 e. The van der Waals surface area contributed by atoms with Crippen LogP contribution in [0, 0.1) is 0 Å². The molecular formula is C16H24N2O2. The lowest BCUT2D eigenvalue weighted by molar-refractivity contribution is 0.0505. The molecule has 1 aromatic carbocycles. The molecule has 0 bridgehead atoms. The highest BCUT2D eigenvalue weighted by molar-refractivity contribution is 5.68. The zero-order valence-corrected chi connectivity index (χ0v) is 12.5. The molecule has 0 aliphatic heterocycles. The molecule has 1 saturated carbocycles. The molecule has 2 atom stereocenters. The summed E-state index contributed by atoms with van der Waals surface area (Å²) in [5, 5.41) is 6.45. The van der Waals surface area contributed by atoms with Crippen LogP contribution in [0.25, 0.3) is 0 Å². The number of amides is 1. The van der Waals surface area contributed by atoms with Crippen LogP contribution in [-0.4, -0.2) is 23.8 Å². The van der Waals surface area contributed by atoms with Crippen molar-refractivity contribution in [3.05, 3.63) is 30.3 Å². The highest BCUT2D eigenvalue weighted by Crippen LogP contribution is 2.23. The van der Waals surface area contributed by atoms with Gasteiger partial charge < -0.3 is 15.4 Å². The molecule has 0 saturated heterocycles. The van der Waals surface area contributed by atoms with Gasteiger partial charge in [-0.15, -0.1) is 0 Å². The molecule has 20 heavy (non-hydrogen) atoms. The Kier molecular flexibility index (Phi) is 4.53. The summed E-state index contributed by atoms with van der Waals surface area (Å²) >= 11 is 0. The summed E-state index contributed by atoms with van der Waals surface area (Å²) < 4.78 is 5.28. The first-order valence-electron chi connectivity index (χ1n) is 7.23. The Hall–Kier alpha value is -1.71. The van der Waals surface area contributed by atoms with Crippen LogP contribution < -0.4 is 10.6 Å². The second-order valence-electron chi connectivity index (χ2n) is 6.36. The van der Waals surface area contributed by atoms with Crippen LogP contribution in [0.15, 0.2) is 30.3 Å². The van der Waals surface area contributed by atoms with Crippen molar-refractivity contribution < 1.29 is 9.53 Å². The third-order valence-electron chi connectivity index (χ3n) is 3.30. The lowest BCUT2D eigenvalue weighted by Gasteiger charge is -2.22. The van der Waals surface area contributed by atoms with Gasteiger partial charge in [-0.1, -0.05) is 18.2 Å². The minimum atomic E-state index is -0.440. The van der Waals surface area contributed by atoms with E-state index in [2.05, 4.69) is 22.8 Å². The Morgan fingerprint density at radius 3 is 2.45 bits per heavy atom. The Labute approximate surface area is 120 Å². The monoisotopic (exact) mass is 276 g/mol. The van der Waals surface area contributed by atoms with Crippen LogP contribution in [0.2, 0.25) is 0 Å². The second-order valence-corrected chi connectivity index (χ2v) is 6.36. The lowest BCUT2D eigenvalue weighted by Crippen LogP contribution is -2.38. The summed E-state index contributed by atoms with van der Waals surface area (Å²) in [5.41, 5.74) is 0.695. The first kappa shape index (κ1) is 14.7. The van der Waals surface area contributed by atoms with E-state index in [0.717, 1.165) is 24.9 Å². The van der Waals surface area contributed by atoms with Gasteiger partial charge in [-0.2, -0.15) is 0 Å². The van der Waals surface area contributed by atoms with Gasteiger partial charge in [-0.05, 0) is 52.2 Å². The standard InChI is InChI=1S/C16H24N2O2/c1-16(2,3)20-15(19)18-14-10-9-13(11-14)17-12-7-5-4-6-8-12/h4-8,13-14,17H,9-11H2,1-3H3,(H,18,19)/t13-,14+/m0/s1. The van der Waals surface area contributed by atoms with E-state index in [1.165, 1.54) is 0 Å². The van der Waals surface area contributed by atoms with Crippen molar-refractivity contribution in [2.45, 2.75) is 57.7 Å². The topological polar surface area (TPSA) is 50.4 Å². The van der Waals surface area contributed by atoms with E-state index in [4.69, 9.17) is 4.74 Å². The van der Waals surface area contributed by atoms with E-state index in [1.807, 2.05) is 39.0 Å². The second kappa shape index (κ2) is 6.16. The van der Waals surface area contributed by atoms with Gasteiger partial charge in [0, 0.05) is 17.8 Å². The smallest absolute Gasteiger partial charge is 0.407 e. The Bertz CT molecular complexity index is 440. The molecule has 1 amide bonds. The number of carbonyl (C=O) groups is 1. The molecule has 4 nitrogen and oxygen atoms in total. The van der Waals surface area contributed by atoms with Crippen LogP contribution in [0.3, 0.4) is 0 Å². The summed E-state index contributed by atoms with van der Waals surface area (Å²) in [4.78, 5) is 11.7. The van der Waals surface area contributed by atoms with Crippen LogP contribution in [0.4, 0.5) is 10.5 Å². The molecule has 0 unspecified atom stereocenters. The van der Waals surface area contributed by atoms with Gasteiger partial charge in [0.2, 0.25) is 0 Å². The Balaban J connectivity index is 1.77. The fourth-order valence-corrected chi connectivity index (χ4v) is 2.49. The van der Waals surface area contributed by atoms with Gasteiger partial charge in [-0.25, -0.2) is 4.79 Å². The largest absolute Gasteiger partial charge is 0.444 e.